The minimum Gasteiger partial charge on any atom is -0.294 e. The first kappa shape index (κ1) is 18.9. The van der Waals surface area contributed by atoms with Gasteiger partial charge in [0.1, 0.15) is 0 Å². The molecule has 0 saturated heterocycles. The highest BCUT2D eigenvalue weighted by atomic mass is 32.2. The van der Waals surface area contributed by atoms with Crippen LogP contribution in [-0.2, 0) is 20.4 Å². The number of benzene rings is 1. The van der Waals surface area contributed by atoms with Gasteiger partial charge < -0.3 is 0 Å². The van der Waals surface area contributed by atoms with Crippen LogP contribution in [0.1, 0.15) is 57.4 Å². The Morgan fingerprint density at radius 1 is 1.29 bits per heavy atom. The number of hydrogen-bond donors (Lipinski definition) is 1. The summed E-state index contributed by atoms with van der Waals surface area (Å²) in [5.74, 6) is 0.459. The Hall–Kier alpha value is -1.46. The van der Waals surface area contributed by atoms with Crippen molar-refractivity contribution in [2.24, 2.45) is 0 Å². The average Bonchev–Trinajstić information content (AvgIpc) is 2.59. The summed E-state index contributed by atoms with van der Waals surface area (Å²) in [6.07, 6.45) is 5.76. The fraction of sp³-hybridized carbons (Fsp3) is 0.526. The second-order valence-corrected chi connectivity index (χ2v) is 7.51. The van der Waals surface area contributed by atoms with Gasteiger partial charge in [0.25, 0.3) is 0 Å². The quantitative estimate of drug-likeness (QED) is 0.600. The zero-order valence-corrected chi connectivity index (χ0v) is 15.6. The molecule has 0 aromatic heterocycles. The molecule has 1 fully saturated rings. The van der Waals surface area contributed by atoms with Crippen LogP contribution in [-0.4, -0.2) is 22.9 Å². The summed E-state index contributed by atoms with van der Waals surface area (Å²) in [6.45, 7) is 4.60. The molecule has 1 N–H and O–H groups in total. The van der Waals surface area contributed by atoms with E-state index in [1.54, 1.807) is 6.26 Å². The van der Waals surface area contributed by atoms with Crippen LogP contribution < -0.4 is 5.48 Å². The van der Waals surface area contributed by atoms with Crippen molar-refractivity contribution in [1.29, 1.82) is 0 Å². The average molecular weight is 349 g/mol. The van der Waals surface area contributed by atoms with Crippen molar-refractivity contribution >= 4 is 16.6 Å². The van der Waals surface area contributed by atoms with Crippen LogP contribution in [0, 0.1) is 0 Å². The fourth-order valence-corrected chi connectivity index (χ4v) is 3.63. The van der Waals surface area contributed by atoms with E-state index in [0.29, 0.717) is 13.0 Å². The Bertz CT molecular complexity index is 622. The fourth-order valence-electron chi connectivity index (χ4n) is 3.12. The van der Waals surface area contributed by atoms with Crippen LogP contribution in [0.5, 0.6) is 0 Å². The van der Waals surface area contributed by atoms with Crippen molar-refractivity contribution in [2.45, 2.75) is 56.8 Å². The third-order valence-electron chi connectivity index (χ3n) is 4.40. The van der Waals surface area contributed by atoms with Gasteiger partial charge in [-0.3, -0.25) is 19.3 Å². The van der Waals surface area contributed by atoms with Crippen LogP contribution in [0.2, 0.25) is 0 Å². The molecule has 1 aromatic rings. The van der Waals surface area contributed by atoms with Crippen molar-refractivity contribution in [3.63, 3.8) is 0 Å². The van der Waals surface area contributed by atoms with Gasteiger partial charge in [-0.15, -0.1) is 0 Å². The van der Waals surface area contributed by atoms with Crippen LogP contribution in [0.15, 0.2) is 40.4 Å². The highest BCUT2D eigenvalue weighted by Crippen LogP contribution is 2.35. The van der Waals surface area contributed by atoms with E-state index < -0.39 is 10.8 Å². The van der Waals surface area contributed by atoms with Crippen LogP contribution in [0.4, 0.5) is 0 Å². The van der Waals surface area contributed by atoms with E-state index in [2.05, 4.69) is 12.4 Å². The van der Waals surface area contributed by atoms with Crippen LogP contribution in [0.3, 0.4) is 0 Å². The molecule has 2 rings (SSSR count). The lowest BCUT2D eigenvalue weighted by Gasteiger charge is -2.25. The molecule has 5 heteroatoms. The third kappa shape index (κ3) is 4.77. The Morgan fingerprint density at radius 3 is 2.54 bits per heavy atom. The van der Waals surface area contributed by atoms with Gasteiger partial charge in [-0.05, 0) is 49.8 Å². The van der Waals surface area contributed by atoms with Gasteiger partial charge in [-0.2, -0.15) is 0 Å². The van der Waals surface area contributed by atoms with Gasteiger partial charge in [0.15, 0.2) is 5.78 Å². The van der Waals surface area contributed by atoms with Crippen LogP contribution in [0.25, 0.3) is 0 Å². The lowest BCUT2D eigenvalue weighted by molar-refractivity contribution is -0.117. The molecule has 132 valence electrons. The first-order valence-electron chi connectivity index (χ1n) is 8.63. The molecular formula is C19H27NO3S. The van der Waals surface area contributed by atoms with Crippen molar-refractivity contribution in [3.05, 3.63) is 41.1 Å². The van der Waals surface area contributed by atoms with E-state index >= 15 is 0 Å². The Morgan fingerprint density at radius 2 is 2.00 bits per heavy atom. The zero-order chi connectivity index (χ0) is 17.5. The minimum atomic E-state index is -0.963. The van der Waals surface area contributed by atoms with E-state index in [1.165, 1.54) is 0 Å². The SMILES string of the molecule is CCC/C(NOCC)=C1\CCC(c2ccc(S(C)=O)cc2)CC1=O. The number of rotatable bonds is 7. The first-order chi connectivity index (χ1) is 11.6. The molecule has 0 radical (unpaired) electrons. The molecule has 0 heterocycles. The summed E-state index contributed by atoms with van der Waals surface area (Å²) in [4.78, 5) is 18.8. The summed E-state index contributed by atoms with van der Waals surface area (Å²) < 4.78 is 11.5. The topological polar surface area (TPSA) is 55.4 Å². The lowest BCUT2D eigenvalue weighted by atomic mass is 9.80. The molecule has 1 aliphatic rings. The number of ketones is 1. The highest BCUT2D eigenvalue weighted by Gasteiger charge is 2.27. The van der Waals surface area contributed by atoms with Crippen molar-refractivity contribution in [3.8, 4) is 0 Å². The summed E-state index contributed by atoms with van der Waals surface area (Å²) in [7, 11) is -0.963. The molecule has 1 saturated carbocycles. The number of nitrogens with one attached hydrogen (secondary N) is 1. The Labute approximate surface area is 147 Å². The predicted molar refractivity (Wildman–Crippen MR) is 97.1 cm³/mol. The van der Waals surface area contributed by atoms with Gasteiger partial charge in [-0.1, -0.05) is 25.5 Å². The van der Waals surface area contributed by atoms with E-state index in [9.17, 15) is 9.00 Å². The number of Topliss-reactive ketones (excluding diaryl/α,β-unsaturated/α-hetero) is 1. The molecule has 1 aromatic carbocycles. The maximum Gasteiger partial charge on any atom is 0.161 e. The van der Waals surface area contributed by atoms with Gasteiger partial charge in [-0.25, -0.2) is 0 Å². The maximum absolute atomic E-state index is 12.6. The van der Waals surface area contributed by atoms with Gasteiger partial charge in [0.05, 0.1) is 6.61 Å². The molecule has 2 atom stereocenters. The first-order valence-corrected chi connectivity index (χ1v) is 10.2. The van der Waals surface area contributed by atoms with Gasteiger partial charge in [0.2, 0.25) is 0 Å². The van der Waals surface area contributed by atoms with Crippen molar-refractivity contribution in [1.82, 2.24) is 5.48 Å². The maximum atomic E-state index is 12.6. The highest BCUT2D eigenvalue weighted by molar-refractivity contribution is 7.84. The number of hydroxylamine groups is 1. The molecule has 2 unspecified atom stereocenters. The number of carbonyl (C=O) groups excluding carboxylic acids is 1. The molecule has 0 bridgehead atoms. The van der Waals surface area contributed by atoms with Crippen molar-refractivity contribution < 1.29 is 13.8 Å². The second kappa shape index (κ2) is 9.14. The zero-order valence-electron chi connectivity index (χ0n) is 14.8. The third-order valence-corrected chi connectivity index (χ3v) is 5.33. The predicted octanol–water partition coefficient (Wildman–Crippen LogP) is 3.86. The molecular weight excluding hydrogens is 322 g/mol. The standard InChI is InChI=1S/C19H27NO3S/c1-4-6-18(20-23-5-2)17-12-9-15(13-19(17)21)14-7-10-16(11-8-14)24(3)22/h7-8,10-11,15,20H,4-6,9,12-13H2,1-3H3/b18-17-. The summed E-state index contributed by atoms with van der Waals surface area (Å²) >= 11 is 0. The number of hydrogen-bond acceptors (Lipinski definition) is 4. The van der Waals surface area contributed by atoms with Gasteiger partial charge >= 0.3 is 0 Å². The lowest BCUT2D eigenvalue weighted by Crippen LogP contribution is -2.23. The van der Waals surface area contributed by atoms with Crippen molar-refractivity contribution in [2.75, 3.05) is 12.9 Å². The Balaban J connectivity index is 2.11. The molecule has 0 amide bonds. The normalized spacial score (nSPS) is 21.5. The van der Waals surface area contributed by atoms with E-state index in [4.69, 9.17) is 4.84 Å². The summed E-state index contributed by atoms with van der Waals surface area (Å²) in [5, 5.41) is 0. The number of allylic oxidation sites excluding steroid dienone is 2. The van der Waals surface area contributed by atoms with Gasteiger partial charge in [0, 0.05) is 39.6 Å². The number of carbonyl (C=O) groups is 1. The van der Waals surface area contributed by atoms with E-state index in [-0.39, 0.29) is 11.7 Å². The second-order valence-electron chi connectivity index (χ2n) is 6.13. The minimum absolute atomic E-state index is 0.213. The molecule has 1 aliphatic carbocycles. The Kier molecular flexibility index (Phi) is 7.18. The molecule has 4 nitrogen and oxygen atoms in total. The van der Waals surface area contributed by atoms with E-state index in [0.717, 1.165) is 47.4 Å². The smallest absolute Gasteiger partial charge is 0.161 e. The summed E-state index contributed by atoms with van der Waals surface area (Å²) in [6, 6.07) is 7.82. The molecule has 0 spiro atoms. The molecule has 24 heavy (non-hydrogen) atoms. The largest absolute Gasteiger partial charge is 0.294 e. The van der Waals surface area contributed by atoms with Crippen LogP contribution >= 0.6 is 0 Å². The molecule has 0 aliphatic heterocycles. The summed E-state index contributed by atoms with van der Waals surface area (Å²) in [5.41, 5.74) is 5.97. The monoisotopic (exact) mass is 349 g/mol. The van der Waals surface area contributed by atoms with E-state index in [1.807, 2.05) is 31.2 Å².